The summed E-state index contributed by atoms with van der Waals surface area (Å²) >= 11 is 1.57. The first-order chi connectivity index (χ1) is 25.3. The van der Waals surface area contributed by atoms with E-state index in [9.17, 15) is 14.4 Å². The van der Waals surface area contributed by atoms with Crippen molar-refractivity contribution in [3.8, 4) is 0 Å². The number of esters is 1. The van der Waals surface area contributed by atoms with E-state index in [-0.39, 0.29) is 29.7 Å². The van der Waals surface area contributed by atoms with Gasteiger partial charge in [0.25, 0.3) is 0 Å². The standard InChI is InChI=1S/C44H62N2O6SSi/c1-12-28-50-39(47)30-38(52-54(10,11)43(7,8)9)36(29-32(2)3)45-40(48)37(46-41(49)51-42(4,5)6)31-53-44(33-22-16-13-17-23-33,34-24-18-14-19-25-34)35-26-20-15-21-27-35/h12-27,32,36-38H,1,28-31H2,2-11H3,(H,45,48)(H,46,49)/t36-,37-,38+/m1/s1. The third kappa shape index (κ3) is 12.9. The minimum Gasteiger partial charge on any atom is -0.461 e. The fraction of sp³-hybridized carbons (Fsp3) is 0.477. The topological polar surface area (TPSA) is 103 Å². The number of rotatable bonds is 18. The first kappa shape index (κ1) is 44.5. The van der Waals surface area contributed by atoms with E-state index in [1.54, 1.807) is 32.5 Å². The molecule has 0 aromatic heterocycles. The van der Waals surface area contributed by atoms with Crippen LogP contribution in [0.4, 0.5) is 4.79 Å². The van der Waals surface area contributed by atoms with E-state index in [0.29, 0.717) is 6.42 Å². The van der Waals surface area contributed by atoms with Crippen molar-refractivity contribution in [3.05, 3.63) is 120 Å². The van der Waals surface area contributed by atoms with E-state index in [1.165, 1.54) is 6.08 Å². The van der Waals surface area contributed by atoms with Crippen molar-refractivity contribution >= 4 is 38.0 Å². The predicted octanol–water partition coefficient (Wildman–Crippen LogP) is 9.65. The van der Waals surface area contributed by atoms with Crippen molar-refractivity contribution in [1.82, 2.24) is 10.6 Å². The Morgan fingerprint density at radius 3 is 1.69 bits per heavy atom. The molecule has 10 heteroatoms. The molecular weight excluding hydrogens is 713 g/mol. The van der Waals surface area contributed by atoms with Crippen molar-refractivity contribution in [2.75, 3.05) is 12.4 Å². The van der Waals surface area contributed by atoms with Gasteiger partial charge in [0.05, 0.1) is 23.3 Å². The van der Waals surface area contributed by atoms with E-state index >= 15 is 0 Å². The van der Waals surface area contributed by atoms with Crippen molar-refractivity contribution in [1.29, 1.82) is 0 Å². The quantitative estimate of drug-likeness (QED) is 0.0575. The summed E-state index contributed by atoms with van der Waals surface area (Å²) in [5, 5.41) is 6.01. The summed E-state index contributed by atoms with van der Waals surface area (Å²) in [4.78, 5) is 41.3. The van der Waals surface area contributed by atoms with Crippen molar-refractivity contribution in [2.45, 2.75) is 115 Å². The number of alkyl carbamates (subject to hydrolysis) is 1. The highest BCUT2D eigenvalue weighted by atomic mass is 32.2. The molecule has 54 heavy (non-hydrogen) atoms. The van der Waals surface area contributed by atoms with Crippen LogP contribution in [0.25, 0.3) is 0 Å². The fourth-order valence-electron chi connectivity index (χ4n) is 5.90. The highest BCUT2D eigenvalue weighted by molar-refractivity contribution is 8.00. The number of ether oxygens (including phenoxy) is 2. The minimum atomic E-state index is -2.44. The molecule has 0 radical (unpaired) electrons. The van der Waals surface area contributed by atoms with Crippen molar-refractivity contribution < 1.29 is 28.3 Å². The van der Waals surface area contributed by atoms with Crippen molar-refractivity contribution in [2.24, 2.45) is 5.92 Å². The summed E-state index contributed by atoms with van der Waals surface area (Å²) in [6.45, 7) is 23.9. The van der Waals surface area contributed by atoms with Gasteiger partial charge in [-0.2, -0.15) is 0 Å². The highest BCUT2D eigenvalue weighted by Gasteiger charge is 2.43. The Labute approximate surface area is 329 Å². The molecular formula is C44H62N2O6SSi. The lowest BCUT2D eigenvalue weighted by molar-refractivity contribution is -0.145. The Hall–Kier alpha value is -3.86. The first-order valence-electron chi connectivity index (χ1n) is 18.8. The Bertz CT molecular complexity index is 1540. The molecule has 8 nitrogen and oxygen atoms in total. The van der Waals surface area contributed by atoms with Crippen LogP contribution in [-0.2, 0) is 28.2 Å². The van der Waals surface area contributed by atoms with Crippen LogP contribution in [0.2, 0.25) is 18.1 Å². The van der Waals surface area contributed by atoms with Gasteiger partial charge >= 0.3 is 12.1 Å². The summed E-state index contributed by atoms with van der Waals surface area (Å²) in [7, 11) is -2.44. The third-order valence-corrected chi connectivity index (χ3v) is 15.6. The molecule has 0 unspecified atom stereocenters. The molecule has 0 aliphatic carbocycles. The van der Waals surface area contributed by atoms with Gasteiger partial charge in [0.1, 0.15) is 18.2 Å². The van der Waals surface area contributed by atoms with E-state index in [4.69, 9.17) is 13.9 Å². The molecule has 0 spiro atoms. The fourth-order valence-corrected chi connectivity index (χ4v) is 8.82. The zero-order valence-electron chi connectivity index (χ0n) is 33.9. The Morgan fingerprint density at radius 2 is 1.28 bits per heavy atom. The number of benzene rings is 3. The molecule has 0 fully saturated rings. The van der Waals surface area contributed by atoms with E-state index in [2.05, 4.69) is 101 Å². The van der Waals surface area contributed by atoms with Gasteiger partial charge in [-0.05, 0) is 67.9 Å². The second-order valence-corrected chi connectivity index (χ2v) is 22.6. The molecule has 0 bridgehead atoms. The maximum atomic E-state index is 14.7. The van der Waals surface area contributed by atoms with Crippen LogP contribution in [0, 0.1) is 5.92 Å². The van der Waals surface area contributed by atoms with Crippen molar-refractivity contribution in [3.63, 3.8) is 0 Å². The molecule has 2 N–H and O–H groups in total. The number of amides is 2. The van der Waals surface area contributed by atoms with E-state index in [0.717, 1.165) is 16.7 Å². The van der Waals surface area contributed by atoms with Crippen LogP contribution < -0.4 is 10.6 Å². The smallest absolute Gasteiger partial charge is 0.408 e. The molecule has 3 atom stereocenters. The van der Waals surface area contributed by atoms with Crippen LogP contribution in [0.3, 0.4) is 0 Å². The van der Waals surface area contributed by atoms with Gasteiger partial charge < -0.3 is 24.5 Å². The van der Waals surface area contributed by atoms with Gasteiger partial charge in [-0.25, -0.2) is 4.79 Å². The number of hydrogen-bond donors (Lipinski definition) is 2. The van der Waals surface area contributed by atoms with Gasteiger partial charge in [-0.3, -0.25) is 9.59 Å². The molecule has 0 aliphatic heterocycles. The highest BCUT2D eigenvalue weighted by Crippen LogP contribution is 2.48. The molecule has 0 saturated carbocycles. The lowest BCUT2D eigenvalue weighted by atomic mass is 9.84. The molecule has 0 heterocycles. The largest absolute Gasteiger partial charge is 0.461 e. The van der Waals surface area contributed by atoms with Gasteiger partial charge in [0.15, 0.2) is 8.32 Å². The summed E-state index contributed by atoms with van der Waals surface area (Å²) in [5.74, 6) is -0.490. The lowest BCUT2D eigenvalue weighted by Crippen LogP contribution is -2.57. The average Bonchev–Trinajstić information content (AvgIpc) is 3.09. The molecule has 3 rings (SSSR count). The van der Waals surface area contributed by atoms with Gasteiger partial charge in [0, 0.05) is 5.75 Å². The summed E-state index contributed by atoms with van der Waals surface area (Å²) in [5.41, 5.74) is 2.31. The molecule has 0 saturated heterocycles. The monoisotopic (exact) mass is 774 g/mol. The minimum absolute atomic E-state index is 0.0456. The zero-order valence-corrected chi connectivity index (χ0v) is 35.8. The summed E-state index contributed by atoms with van der Waals surface area (Å²) < 4.78 is 17.3. The molecule has 294 valence electrons. The predicted molar refractivity (Wildman–Crippen MR) is 224 cm³/mol. The van der Waals surface area contributed by atoms with E-state index in [1.807, 2.05) is 54.6 Å². The number of thioether (sulfide) groups is 1. The number of carbonyl (C=O) groups excluding carboxylic acids is 3. The summed E-state index contributed by atoms with van der Waals surface area (Å²) in [6, 6.07) is 29.0. The molecule has 3 aromatic rings. The van der Waals surface area contributed by atoms with Crippen LogP contribution in [0.5, 0.6) is 0 Å². The van der Waals surface area contributed by atoms with Crippen LogP contribution in [0.15, 0.2) is 104 Å². The first-order valence-corrected chi connectivity index (χ1v) is 22.7. The van der Waals surface area contributed by atoms with Gasteiger partial charge in [0.2, 0.25) is 5.91 Å². The molecule has 2 amide bonds. The average molecular weight is 775 g/mol. The number of nitrogens with one attached hydrogen (secondary N) is 2. The maximum absolute atomic E-state index is 14.7. The normalized spacial score (nSPS) is 14.1. The second kappa shape index (κ2) is 19.6. The Morgan fingerprint density at radius 1 is 0.796 bits per heavy atom. The number of hydrogen-bond acceptors (Lipinski definition) is 7. The van der Waals surface area contributed by atoms with Crippen LogP contribution in [-0.4, -0.2) is 62.4 Å². The van der Waals surface area contributed by atoms with Crippen LogP contribution >= 0.6 is 11.8 Å². The Kier molecular flexibility index (Phi) is 16.2. The second-order valence-electron chi connectivity index (χ2n) is 16.6. The third-order valence-electron chi connectivity index (χ3n) is 9.50. The SMILES string of the molecule is C=CCOC(=O)C[C@H](O[Si](C)(C)C(C)(C)C)[C@@H](CC(C)C)NC(=O)[C@@H](CSC(c1ccccc1)(c1ccccc1)c1ccccc1)NC(=O)OC(C)(C)C. The Balaban J connectivity index is 2.12. The van der Waals surface area contributed by atoms with Gasteiger partial charge in [-0.1, -0.05) is 138 Å². The van der Waals surface area contributed by atoms with E-state index < -0.39 is 54.8 Å². The zero-order chi connectivity index (χ0) is 40.2. The van der Waals surface area contributed by atoms with Gasteiger partial charge in [-0.15, -0.1) is 11.8 Å². The van der Waals surface area contributed by atoms with Crippen LogP contribution in [0.1, 0.15) is 84.9 Å². The number of carbonyl (C=O) groups is 3. The molecule has 0 aliphatic rings. The lowest BCUT2D eigenvalue weighted by Gasteiger charge is -2.42. The maximum Gasteiger partial charge on any atom is 0.408 e. The molecule has 3 aromatic carbocycles. The summed E-state index contributed by atoms with van der Waals surface area (Å²) in [6.07, 6.45) is 0.654.